The lowest BCUT2D eigenvalue weighted by Crippen LogP contribution is -2.39. The van der Waals surface area contributed by atoms with Crippen molar-refractivity contribution in [1.82, 2.24) is 4.31 Å². The molecule has 0 amide bonds. The molecule has 0 bridgehead atoms. The third-order valence-electron chi connectivity index (χ3n) is 4.09. The zero-order valence-corrected chi connectivity index (χ0v) is 13.1. The molecule has 4 nitrogen and oxygen atoms in total. The van der Waals surface area contributed by atoms with Crippen LogP contribution in [0.3, 0.4) is 0 Å². The Bertz CT molecular complexity index is 569. The molecule has 1 atom stereocenters. The highest BCUT2D eigenvalue weighted by Crippen LogP contribution is 2.28. The third-order valence-corrected chi connectivity index (χ3v) is 6.19. The molecule has 1 aliphatic rings. The fourth-order valence-electron chi connectivity index (χ4n) is 2.90. The molecule has 5 heteroatoms. The summed E-state index contributed by atoms with van der Waals surface area (Å²) in [6.07, 6.45) is 4.98. The molecule has 1 aromatic carbocycles. The van der Waals surface area contributed by atoms with Crippen LogP contribution in [0, 0.1) is 6.92 Å². The van der Waals surface area contributed by atoms with E-state index < -0.39 is 10.0 Å². The smallest absolute Gasteiger partial charge is 0.243 e. The first-order valence-corrected chi connectivity index (χ1v) is 8.78. The molecule has 20 heavy (non-hydrogen) atoms. The van der Waals surface area contributed by atoms with E-state index in [4.69, 9.17) is 5.73 Å². The fraction of sp³-hybridized carbons (Fsp3) is 0.600. The maximum atomic E-state index is 13.0. The van der Waals surface area contributed by atoms with Crippen LogP contribution in [-0.2, 0) is 10.0 Å². The average molecular weight is 296 g/mol. The van der Waals surface area contributed by atoms with Gasteiger partial charge >= 0.3 is 0 Å². The van der Waals surface area contributed by atoms with E-state index in [0.717, 1.165) is 37.7 Å². The van der Waals surface area contributed by atoms with E-state index in [1.54, 1.807) is 22.5 Å². The Morgan fingerprint density at radius 1 is 1.30 bits per heavy atom. The van der Waals surface area contributed by atoms with E-state index in [2.05, 4.69) is 6.92 Å². The predicted octanol–water partition coefficient (Wildman–Crippen LogP) is 2.92. The quantitative estimate of drug-likeness (QED) is 0.872. The van der Waals surface area contributed by atoms with Crippen molar-refractivity contribution in [2.45, 2.75) is 56.9 Å². The third kappa shape index (κ3) is 2.99. The molecule has 2 rings (SSSR count). The second-order valence-corrected chi connectivity index (χ2v) is 7.41. The predicted molar refractivity (Wildman–Crippen MR) is 82.0 cm³/mol. The van der Waals surface area contributed by atoms with Crippen molar-refractivity contribution in [3.63, 3.8) is 0 Å². The maximum Gasteiger partial charge on any atom is 0.243 e. The Morgan fingerprint density at radius 3 is 2.75 bits per heavy atom. The number of benzene rings is 1. The highest BCUT2D eigenvalue weighted by atomic mass is 32.2. The van der Waals surface area contributed by atoms with Crippen LogP contribution in [0.1, 0.15) is 44.6 Å². The number of hydrogen-bond donors (Lipinski definition) is 1. The molecule has 1 heterocycles. The van der Waals surface area contributed by atoms with Gasteiger partial charge in [0.25, 0.3) is 0 Å². The van der Waals surface area contributed by atoms with Crippen molar-refractivity contribution in [2.24, 2.45) is 0 Å². The van der Waals surface area contributed by atoms with Gasteiger partial charge in [-0.05, 0) is 43.9 Å². The molecule has 0 spiro atoms. The van der Waals surface area contributed by atoms with E-state index in [-0.39, 0.29) is 6.04 Å². The average Bonchev–Trinajstić information content (AvgIpc) is 2.66. The number of hydrogen-bond acceptors (Lipinski definition) is 3. The molecule has 0 saturated carbocycles. The number of anilines is 1. The summed E-state index contributed by atoms with van der Waals surface area (Å²) in [7, 11) is -3.45. The second kappa shape index (κ2) is 6.14. The van der Waals surface area contributed by atoms with Crippen molar-refractivity contribution in [1.29, 1.82) is 0 Å². The van der Waals surface area contributed by atoms with Gasteiger partial charge in [0.05, 0.1) is 4.90 Å². The molecule has 0 radical (unpaired) electrons. The molecule has 1 aliphatic heterocycles. The Kier molecular flexibility index (Phi) is 4.70. The van der Waals surface area contributed by atoms with Gasteiger partial charge in [-0.3, -0.25) is 0 Å². The molecule has 1 aromatic rings. The van der Waals surface area contributed by atoms with Gasteiger partial charge in [-0.2, -0.15) is 4.31 Å². The lowest BCUT2D eigenvalue weighted by Gasteiger charge is -2.29. The summed E-state index contributed by atoms with van der Waals surface area (Å²) in [6, 6.07) is 5.22. The van der Waals surface area contributed by atoms with E-state index in [1.807, 2.05) is 6.92 Å². The van der Waals surface area contributed by atoms with Gasteiger partial charge in [0.1, 0.15) is 0 Å². The van der Waals surface area contributed by atoms with Gasteiger partial charge in [-0.15, -0.1) is 0 Å². The van der Waals surface area contributed by atoms with Crippen LogP contribution in [0.25, 0.3) is 0 Å². The molecule has 112 valence electrons. The minimum Gasteiger partial charge on any atom is -0.399 e. The van der Waals surface area contributed by atoms with E-state index in [9.17, 15) is 8.42 Å². The minimum absolute atomic E-state index is 0.114. The standard InChI is InChI=1S/C15H24N2O2S/c1-3-14-7-5-4-6-10-17(14)20(18,19)15-11-13(16)9-8-12(15)2/h8-9,11,14H,3-7,10,16H2,1-2H3. The van der Waals surface area contributed by atoms with Crippen LogP contribution >= 0.6 is 0 Å². The lowest BCUT2D eigenvalue weighted by atomic mass is 10.1. The van der Waals surface area contributed by atoms with Crippen molar-refractivity contribution in [3.05, 3.63) is 23.8 Å². The highest BCUT2D eigenvalue weighted by Gasteiger charge is 2.32. The summed E-state index contributed by atoms with van der Waals surface area (Å²) in [5.41, 5.74) is 7.03. The zero-order valence-electron chi connectivity index (χ0n) is 12.3. The number of aryl methyl sites for hydroxylation is 1. The number of nitrogens with zero attached hydrogens (tertiary/aromatic N) is 1. The normalized spacial score (nSPS) is 21.6. The summed E-state index contributed by atoms with van der Waals surface area (Å²) in [4.78, 5) is 0.359. The van der Waals surface area contributed by atoms with Gasteiger partial charge in [0.2, 0.25) is 10.0 Å². The van der Waals surface area contributed by atoms with Crippen molar-refractivity contribution < 1.29 is 8.42 Å². The molecule has 0 aliphatic carbocycles. The van der Waals surface area contributed by atoms with Crippen molar-refractivity contribution in [2.75, 3.05) is 12.3 Å². The SMILES string of the molecule is CCC1CCCCCN1S(=O)(=O)c1cc(N)ccc1C. The Hall–Kier alpha value is -1.07. The van der Waals surface area contributed by atoms with E-state index in [0.29, 0.717) is 17.1 Å². The minimum atomic E-state index is -3.45. The van der Waals surface area contributed by atoms with Gasteiger partial charge in [0.15, 0.2) is 0 Å². The number of rotatable bonds is 3. The van der Waals surface area contributed by atoms with Crippen LogP contribution < -0.4 is 5.73 Å². The van der Waals surface area contributed by atoms with Crippen LogP contribution in [0.5, 0.6) is 0 Å². The van der Waals surface area contributed by atoms with Gasteiger partial charge in [-0.25, -0.2) is 8.42 Å². The van der Waals surface area contributed by atoms with Crippen LogP contribution in [0.15, 0.2) is 23.1 Å². The first-order chi connectivity index (χ1) is 9.46. The molecular formula is C15H24N2O2S. The summed E-state index contributed by atoms with van der Waals surface area (Å²) in [6.45, 7) is 4.50. The maximum absolute atomic E-state index is 13.0. The fourth-order valence-corrected chi connectivity index (χ4v) is 4.93. The Labute approximate surface area is 122 Å². The number of nitrogens with two attached hydrogens (primary N) is 1. The second-order valence-electron chi connectivity index (χ2n) is 5.55. The van der Waals surface area contributed by atoms with E-state index in [1.165, 1.54) is 0 Å². The van der Waals surface area contributed by atoms with E-state index >= 15 is 0 Å². The van der Waals surface area contributed by atoms with Gasteiger partial charge < -0.3 is 5.73 Å². The molecule has 1 saturated heterocycles. The number of sulfonamides is 1. The van der Waals surface area contributed by atoms with Gasteiger partial charge in [0, 0.05) is 18.3 Å². The summed E-state index contributed by atoms with van der Waals surface area (Å²) in [5.74, 6) is 0. The Morgan fingerprint density at radius 2 is 2.05 bits per heavy atom. The molecule has 0 aromatic heterocycles. The molecule has 1 unspecified atom stereocenters. The molecular weight excluding hydrogens is 272 g/mol. The summed E-state index contributed by atoms with van der Waals surface area (Å²) in [5, 5.41) is 0. The summed E-state index contributed by atoms with van der Waals surface area (Å²) >= 11 is 0. The topological polar surface area (TPSA) is 63.4 Å². The van der Waals surface area contributed by atoms with Crippen LogP contribution in [0.4, 0.5) is 5.69 Å². The van der Waals surface area contributed by atoms with Crippen molar-refractivity contribution in [3.8, 4) is 0 Å². The monoisotopic (exact) mass is 296 g/mol. The number of nitrogen functional groups attached to an aromatic ring is 1. The highest BCUT2D eigenvalue weighted by molar-refractivity contribution is 7.89. The first-order valence-electron chi connectivity index (χ1n) is 7.34. The van der Waals surface area contributed by atoms with Gasteiger partial charge in [-0.1, -0.05) is 25.8 Å². The zero-order chi connectivity index (χ0) is 14.8. The van der Waals surface area contributed by atoms with Crippen LogP contribution in [-0.4, -0.2) is 25.3 Å². The lowest BCUT2D eigenvalue weighted by molar-refractivity contribution is 0.315. The Balaban J connectivity index is 2.44. The molecule has 1 fully saturated rings. The van der Waals surface area contributed by atoms with Crippen LogP contribution in [0.2, 0.25) is 0 Å². The summed E-state index contributed by atoms with van der Waals surface area (Å²) < 4.78 is 27.6. The molecule has 2 N–H and O–H groups in total. The largest absolute Gasteiger partial charge is 0.399 e. The van der Waals surface area contributed by atoms with Crippen molar-refractivity contribution >= 4 is 15.7 Å². The first kappa shape index (κ1) is 15.3.